The van der Waals surface area contributed by atoms with Gasteiger partial charge in [-0.05, 0) is 54.8 Å². The highest BCUT2D eigenvalue weighted by Crippen LogP contribution is 2.60. The van der Waals surface area contributed by atoms with Crippen LogP contribution in [0.15, 0.2) is 0 Å². The van der Waals surface area contributed by atoms with E-state index in [1.54, 1.807) is 0 Å². The van der Waals surface area contributed by atoms with Crippen molar-refractivity contribution in [3.05, 3.63) is 0 Å². The lowest BCUT2D eigenvalue weighted by Crippen LogP contribution is -2.48. The number of rotatable bonds is 4. The first-order valence-corrected chi connectivity index (χ1v) is 9.75. The summed E-state index contributed by atoms with van der Waals surface area (Å²) in [6.45, 7) is 8.48. The van der Waals surface area contributed by atoms with Crippen molar-refractivity contribution in [2.75, 3.05) is 13.2 Å². The van der Waals surface area contributed by atoms with Gasteiger partial charge in [0.05, 0.1) is 18.0 Å². The van der Waals surface area contributed by atoms with Crippen LogP contribution >= 0.6 is 15.9 Å². The lowest BCUT2D eigenvalue weighted by molar-refractivity contribution is -0.128. The number of fused-ring (bicyclic) bond motifs is 1. The molecule has 1 heterocycles. The van der Waals surface area contributed by atoms with E-state index in [0.29, 0.717) is 42.7 Å². The van der Waals surface area contributed by atoms with Crippen molar-refractivity contribution in [1.29, 1.82) is 0 Å². The molecule has 0 N–H and O–H groups in total. The van der Waals surface area contributed by atoms with Crippen molar-refractivity contribution < 1.29 is 14.3 Å². The van der Waals surface area contributed by atoms with E-state index in [0.717, 1.165) is 19.3 Å². The van der Waals surface area contributed by atoms with Crippen LogP contribution in [0.4, 0.5) is 0 Å². The van der Waals surface area contributed by atoms with Crippen LogP contribution in [0.3, 0.4) is 0 Å². The second-order valence-electron chi connectivity index (χ2n) is 7.99. The zero-order chi connectivity index (χ0) is 15.9. The lowest BCUT2D eigenvalue weighted by Gasteiger charge is -2.47. The number of carbonyl (C=O) groups excluding carboxylic acids is 1. The summed E-state index contributed by atoms with van der Waals surface area (Å²) < 4.78 is 11.2. The first-order valence-electron chi connectivity index (χ1n) is 8.83. The molecule has 2 saturated carbocycles. The van der Waals surface area contributed by atoms with E-state index < -0.39 is 0 Å². The molecule has 0 amide bonds. The summed E-state index contributed by atoms with van der Waals surface area (Å²) in [4.78, 5) is 12.6. The van der Waals surface area contributed by atoms with Gasteiger partial charge in [0, 0.05) is 6.42 Å². The molecular formula is C18H29BrO3. The SMILES string of the molecule is CC(C)[C@@H]1CC[C@]2(C)C(CCC3OCCO3)C(Br)C(=O)C[C@@H]12. The summed E-state index contributed by atoms with van der Waals surface area (Å²) in [5.74, 6) is 2.76. The van der Waals surface area contributed by atoms with Gasteiger partial charge in [-0.2, -0.15) is 0 Å². The van der Waals surface area contributed by atoms with Crippen molar-refractivity contribution in [1.82, 2.24) is 0 Å². The molecule has 0 aromatic rings. The normalized spacial score (nSPS) is 43.0. The quantitative estimate of drug-likeness (QED) is 0.694. The molecule has 22 heavy (non-hydrogen) atoms. The molecule has 1 aliphatic heterocycles. The Hall–Kier alpha value is 0.0700. The fraction of sp³-hybridized carbons (Fsp3) is 0.944. The first-order chi connectivity index (χ1) is 10.4. The number of Topliss-reactive ketones (excluding diaryl/α,β-unsaturated/α-hetero) is 1. The minimum atomic E-state index is -0.0546. The van der Waals surface area contributed by atoms with Crippen LogP contribution in [0.5, 0.6) is 0 Å². The molecule has 5 atom stereocenters. The van der Waals surface area contributed by atoms with Crippen molar-refractivity contribution in [2.45, 2.75) is 64.0 Å². The van der Waals surface area contributed by atoms with Gasteiger partial charge in [-0.3, -0.25) is 4.79 Å². The maximum atomic E-state index is 12.5. The average molecular weight is 373 g/mol. The van der Waals surface area contributed by atoms with Gasteiger partial charge < -0.3 is 9.47 Å². The first kappa shape index (κ1) is 16.9. The van der Waals surface area contributed by atoms with Crippen LogP contribution in [0.2, 0.25) is 0 Å². The predicted molar refractivity (Wildman–Crippen MR) is 89.9 cm³/mol. The van der Waals surface area contributed by atoms with E-state index >= 15 is 0 Å². The van der Waals surface area contributed by atoms with E-state index in [9.17, 15) is 4.79 Å². The molecule has 126 valence electrons. The Labute approximate surface area is 142 Å². The molecule has 3 rings (SSSR count). The highest BCUT2D eigenvalue weighted by Gasteiger charge is 2.56. The molecule has 0 bridgehead atoms. The van der Waals surface area contributed by atoms with Gasteiger partial charge in [-0.15, -0.1) is 0 Å². The molecule has 3 aliphatic rings. The van der Waals surface area contributed by atoms with Gasteiger partial charge in [0.2, 0.25) is 0 Å². The summed E-state index contributed by atoms with van der Waals surface area (Å²) in [6.07, 6.45) is 5.17. The van der Waals surface area contributed by atoms with E-state index in [-0.39, 0.29) is 16.5 Å². The molecular weight excluding hydrogens is 344 g/mol. The molecule has 0 aromatic carbocycles. The Balaban J connectivity index is 1.75. The molecule has 3 nitrogen and oxygen atoms in total. The fourth-order valence-corrected chi connectivity index (χ4v) is 6.30. The number of halogens is 1. The molecule has 4 heteroatoms. The average Bonchev–Trinajstić information content (AvgIpc) is 3.07. The van der Waals surface area contributed by atoms with Crippen LogP contribution < -0.4 is 0 Å². The third-order valence-corrected chi connectivity index (χ3v) is 7.72. The van der Waals surface area contributed by atoms with Crippen molar-refractivity contribution >= 4 is 21.7 Å². The van der Waals surface area contributed by atoms with Crippen LogP contribution in [-0.4, -0.2) is 30.1 Å². The Morgan fingerprint density at radius 1 is 1.27 bits per heavy atom. The van der Waals surface area contributed by atoms with Gasteiger partial charge in [0.1, 0.15) is 5.78 Å². The third kappa shape index (κ3) is 2.91. The third-order valence-electron chi connectivity index (χ3n) is 6.57. The molecule has 0 aromatic heterocycles. The second-order valence-corrected chi connectivity index (χ2v) is 8.97. The number of ether oxygens (including phenoxy) is 2. The van der Waals surface area contributed by atoms with Gasteiger partial charge >= 0.3 is 0 Å². The lowest BCUT2D eigenvalue weighted by atomic mass is 9.59. The Bertz CT molecular complexity index is 419. The van der Waals surface area contributed by atoms with Gasteiger partial charge in [-0.1, -0.05) is 36.7 Å². The zero-order valence-corrected chi connectivity index (χ0v) is 15.6. The van der Waals surface area contributed by atoms with Crippen LogP contribution in [0.1, 0.15) is 52.9 Å². The molecule has 2 unspecified atom stereocenters. The summed E-state index contributed by atoms with van der Waals surface area (Å²) in [6, 6.07) is 0. The summed E-state index contributed by atoms with van der Waals surface area (Å²) in [7, 11) is 0. The van der Waals surface area contributed by atoms with Crippen LogP contribution in [0.25, 0.3) is 0 Å². The summed E-state index contributed by atoms with van der Waals surface area (Å²) in [5, 5.41) is 0. The van der Waals surface area contributed by atoms with Crippen molar-refractivity contribution in [3.63, 3.8) is 0 Å². The molecule has 0 spiro atoms. The van der Waals surface area contributed by atoms with Crippen molar-refractivity contribution in [3.8, 4) is 0 Å². The Morgan fingerprint density at radius 3 is 2.59 bits per heavy atom. The van der Waals surface area contributed by atoms with Crippen molar-refractivity contribution in [2.24, 2.45) is 29.1 Å². The number of hydrogen-bond acceptors (Lipinski definition) is 3. The smallest absolute Gasteiger partial charge is 0.157 e. The number of alkyl halides is 1. The molecule has 3 fully saturated rings. The maximum Gasteiger partial charge on any atom is 0.157 e. The largest absolute Gasteiger partial charge is 0.350 e. The number of ketones is 1. The van der Waals surface area contributed by atoms with Gasteiger partial charge in [0.25, 0.3) is 0 Å². The van der Waals surface area contributed by atoms with E-state index in [1.165, 1.54) is 12.8 Å². The highest BCUT2D eigenvalue weighted by molar-refractivity contribution is 9.10. The fourth-order valence-electron chi connectivity index (χ4n) is 5.25. The maximum absolute atomic E-state index is 12.5. The Morgan fingerprint density at radius 2 is 1.95 bits per heavy atom. The highest BCUT2D eigenvalue weighted by atomic mass is 79.9. The van der Waals surface area contributed by atoms with Gasteiger partial charge in [0.15, 0.2) is 6.29 Å². The zero-order valence-electron chi connectivity index (χ0n) is 14.0. The molecule has 0 radical (unpaired) electrons. The molecule has 2 aliphatic carbocycles. The van der Waals surface area contributed by atoms with Crippen LogP contribution in [0, 0.1) is 29.1 Å². The van der Waals surface area contributed by atoms with E-state index in [2.05, 4.69) is 36.7 Å². The second kappa shape index (κ2) is 6.52. The van der Waals surface area contributed by atoms with Gasteiger partial charge in [-0.25, -0.2) is 0 Å². The number of hydrogen-bond donors (Lipinski definition) is 0. The standard InChI is InChI=1S/C18H29BrO3/c1-11(2)12-6-7-18(3)13(4-5-16-21-8-9-22-16)17(19)15(20)10-14(12)18/h11-14,16-17H,4-10H2,1-3H3/t12-,13?,14-,17?,18+/m0/s1. The minimum Gasteiger partial charge on any atom is -0.350 e. The monoisotopic (exact) mass is 372 g/mol. The summed E-state index contributed by atoms with van der Waals surface area (Å²) >= 11 is 3.73. The topological polar surface area (TPSA) is 35.5 Å². The van der Waals surface area contributed by atoms with E-state index in [1.807, 2.05) is 0 Å². The predicted octanol–water partition coefficient (Wildman–Crippen LogP) is 4.18. The minimum absolute atomic E-state index is 0.0149. The summed E-state index contributed by atoms with van der Waals surface area (Å²) in [5.41, 5.74) is 0.287. The Kier molecular flexibility index (Phi) is 5.01. The molecule has 1 saturated heterocycles. The van der Waals surface area contributed by atoms with Crippen LogP contribution in [-0.2, 0) is 14.3 Å². The van der Waals surface area contributed by atoms with E-state index in [4.69, 9.17) is 9.47 Å². The number of carbonyl (C=O) groups is 1.